The van der Waals surface area contributed by atoms with Crippen LogP contribution in [0.25, 0.3) is 22.4 Å². The highest BCUT2D eigenvalue weighted by molar-refractivity contribution is 5.97. The van der Waals surface area contributed by atoms with Crippen LogP contribution < -0.4 is 10.5 Å². The molecule has 0 unspecified atom stereocenters. The van der Waals surface area contributed by atoms with E-state index in [0.717, 1.165) is 18.6 Å². The molecule has 37 heavy (non-hydrogen) atoms. The number of likely N-dealkylation sites (tertiary alicyclic amines) is 1. The summed E-state index contributed by atoms with van der Waals surface area (Å²) in [6, 6.07) is 13.4. The maximum Gasteiger partial charge on any atom is 0.410 e. The Balaban J connectivity index is 1.21. The number of anilines is 1. The maximum absolute atomic E-state index is 12.4. The van der Waals surface area contributed by atoms with Gasteiger partial charge in [-0.05, 0) is 57.9 Å². The van der Waals surface area contributed by atoms with Gasteiger partial charge in [0.15, 0.2) is 5.65 Å². The van der Waals surface area contributed by atoms with E-state index < -0.39 is 5.60 Å². The normalized spacial score (nSPS) is 16.9. The van der Waals surface area contributed by atoms with Crippen LogP contribution in [0.4, 0.5) is 10.6 Å². The molecule has 1 amide bonds. The lowest BCUT2D eigenvalue weighted by atomic mass is 9.61. The van der Waals surface area contributed by atoms with Crippen molar-refractivity contribution in [2.45, 2.75) is 45.3 Å². The predicted molar refractivity (Wildman–Crippen MR) is 138 cm³/mol. The van der Waals surface area contributed by atoms with Crippen molar-refractivity contribution in [2.24, 2.45) is 5.41 Å². The minimum Gasteiger partial charge on any atom is -0.456 e. The molecule has 10 heteroatoms. The smallest absolute Gasteiger partial charge is 0.410 e. The number of carbonyl (C=O) groups excluding carboxylic acids is 1. The molecule has 1 saturated heterocycles. The monoisotopic (exact) mass is 499 g/mol. The van der Waals surface area contributed by atoms with E-state index in [-0.39, 0.29) is 17.6 Å². The fourth-order valence-electron chi connectivity index (χ4n) is 5.22. The Labute approximate surface area is 214 Å². The first-order valence-corrected chi connectivity index (χ1v) is 12.4. The molecule has 0 radical (unpaired) electrons. The largest absolute Gasteiger partial charge is 0.456 e. The van der Waals surface area contributed by atoms with E-state index >= 15 is 0 Å². The van der Waals surface area contributed by atoms with Gasteiger partial charge in [0.25, 0.3) is 0 Å². The molecule has 1 aliphatic heterocycles. The van der Waals surface area contributed by atoms with Gasteiger partial charge in [-0.15, -0.1) is 0 Å². The highest BCUT2D eigenvalue weighted by Crippen LogP contribution is 2.55. The van der Waals surface area contributed by atoms with E-state index in [4.69, 9.17) is 20.3 Å². The summed E-state index contributed by atoms with van der Waals surface area (Å²) in [4.78, 5) is 27.4. The molecule has 1 aliphatic carbocycles. The van der Waals surface area contributed by atoms with Crippen molar-refractivity contribution in [1.29, 1.82) is 0 Å². The highest BCUT2D eigenvalue weighted by atomic mass is 16.6. The third kappa shape index (κ3) is 4.32. The van der Waals surface area contributed by atoms with Crippen molar-refractivity contribution in [2.75, 3.05) is 18.8 Å². The molecule has 1 spiro atoms. The number of hydrogen-bond donors (Lipinski definition) is 1. The van der Waals surface area contributed by atoms with Gasteiger partial charge in [0, 0.05) is 18.5 Å². The zero-order valence-corrected chi connectivity index (χ0v) is 21.1. The Kier molecular flexibility index (Phi) is 5.29. The molecule has 6 rings (SSSR count). The standard InChI is InChI=1S/C27H29N7O3/c1-26(2,3)37-25(35)33-14-27(15-33)11-17(12-27)34-24-21(23(28)30-16-31-24)22(32-34)20-10-9-19(13-29-20)36-18-7-5-4-6-8-18/h4-10,13,16-17H,11-12,14-15H2,1-3H3,(H2,28,30,31). The molecule has 2 aliphatic rings. The molecule has 10 nitrogen and oxygen atoms in total. The first kappa shape index (κ1) is 23.2. The number of aromatic nitrogens is 5. The Morgan fingerprint density at radius 2 is 1.78 bits per heavy atom. The van der Waals surface area contributed by atoms with Crippen LogP contribution in [0.3, 0.4) is 0 Å². The number of amides is 1. The number of benzene rings is 1. The van der Waals surface area contributed by atoms with E-state index in [0.29, 0.717) is 47.1 Å². The van der Waals surface area contributed by atoms with Crippen LogP contribution in [-0.2, 0) is 4.74 Å². The summed E-state index contributed by atoms with van der Waals surface area (Å²) >= 11 is 0. The fraction of sp³-hybridized carbons (Fsp3) is 0.370. The lowest BCUT2D eigenvalue weighted by molar-refractivity contribution is -0.0920. The van der Waals surface area contributed by atoms with Crippen LogP contribution in [0.1, 0.15) is 39.7 Å². The quantitative estimate of drug-likeness (QED) is 0.424. The van der Waals surface area contributed by atoms with Gasteiger partial charge in [-0.3, -0.25) is 4.98 Å². The summed E-state index contributed by atoms with van der Waals surface area (Å²) in [7, 11) is 0. The molecule has 4 aromatic rings. The summed E-state index contributed by atoms with van der Waals surface area (Å²) < 4.78 is 13.3. The third-order valence-electron chi connectivity index (χ3n) is 6.86. The van der Waals surface area contributed by atoms with E-state index in [2.05, 4.69) is 15.0 Å². The number of hydrogen-bond acceptors (Lipinski definition) is 8. The number of pyridine rings is 1. The van der Waals surface area contributed by atoms with E-state index in [1.165, 1.54) is 6.33 Å². The van der Waals surface area contributed by atoms with Crippen LogP contribution >= 0.6 is 0 Å². The SMILES string of the molecule is CC(C)(C)OC(=O)N1CC2(CC(n3nc(-c4ccc(Oc5ccccc5)cn4)c4c(N)ncnc43)C2)C1. The van der Waals surface area contributed by atoms with Crippen molar-refractivity contribution < 1.29 is 14.3 Å². The van der Waals surface area contributed by atoms with Gasteiger partial charge in [0.05, 0.1) is 23.3 Å². The molecule has 190 valence electrons. The summed E-state index contributed by atoms with van der Waals surface area (Å²) in [6.45, 7) is 7.05. The second-order valence-corrected chi connectivity index (χ2v) is 10.9. The molecule has 1 saturated carbocycles. The van der Waals surface area contributed by atoms with Crippen LogP contribution in [-0.4, -0.2) is 54.4 Å². The van der Waals surface area contributed by atoms with Gasteiger partial charge < -0.3 is 20.1 Å². The first-order valence-electron chi connectivity index (χ1n) is 12.4. The van der Waals surface area contributed by atoms with E-state index in [1.54, 1.807) is 11.1 Å². The van der Waals surface area contributed by atoms with Crippen molar-refractivity contribution in [1.82, 2.24) is 29.6 Å². The molecule has 4 heterocycles. The zero-order valence-electron chi connectivity index (χ0n) is 21.1. The van der Waals surface area contributed by atoms with Crippen LogP contribution in [0.2, 0.25) is 0 Å². The van der Waals surface area contributed by atoms with Crippen molar-refractivity contribution in [3.63, 3.8) is 0 Å². The summed E-state index contributed by atoms with van der Waals surface area (Å²) in [5.41, 5.74) is 7.89. The summed E-state index contributed by atoms with van der Waals surface area (Å²) in [6.07, 6.45) is 4.70. The number of nitrogen functional groups attached to an aromatic ring is 1. The van der Waals surface area contributed by atoms with Gasteiger partial charge in [-0.2, -0.15) is 5.10 Å². The molecule has 1 aromatic carbocycles. The number of rotatable bonds is 4. The first-order chi connectivity index (χ1) is 17.7. The zero-order chi connectivity index (χ0) is 25.8. The Hall–Kier alpha value is -4.21. The molecule has 3 aromatic heterocycles. The molecule has 2 N–H and O–H groups in total. The number of fused-ring (bicyclic) bond motifs is 1. The average Bonchev–Trinajstić information content (AvgIpc) is 3.18. The van der Waals surface area contributed by atoms with E-state index in [1.807, 2.05) is 67.9 Å². The second kappa shape index (κ2) is 8.43. The highest BCUT2D eigenvalue weighted by Gasteiger charge is 2.55. The van der Waals surface area contributed by atoms with Crippen LogP contribution in [0.15, 0.2) is 55.0 Å². The third-order valence-corrected chi connectivity index (χ3v) is 6.86. The Bertz CT molecular complexity index is 1450. The van der Waals surface area contributed by atoms with Gasteiger partial charge in [0.1, 0.15) is 34.9 Å². The minimum absolute atomic E-state index is 0.104. The molecular weight excluding hydrogens is 470 g/mol. The van der Waals surface area contributed by atoms with Gasteiger partial charge in [-0.25, -0.2) is 19.4 Å². The minimum atomic E-state index is -0.494. The number of carbonyl (C=O) groups is 1. The number of nitrogens with zero attached hydrogens (tertiary/aromatic N) is 6. The topological polar surface area (TPSA) is 121 Å². The predicted octanol–water partition coefficient (Wildman–Crippen LogP) is 4.83. The van der Waals surface area contributed by atoms with E-state index in [9.17, 15) is 4.79 Å². The number of nitrogens with two attached hydrogens (primary N) is 1. The second-order valence-electron chi connectivity index (χ2n) is 10.9. The van der Waals surface area contributed by atoms with Crippen molar-refractivity contribution in [3.8, 4) is 22.9 Å². The van der Waals surface area contributed by atoms with Crippen LogP contribution in [0, 0.1) is 5.41 Å². The summed E-state index contributed by atoms with van der Waals surface area (Å²) in [5, 5.41) is 5.60. The fourth-order valence-corrected chi connectivity index (χ4v) is 5.22. The lowest BCUT2D eigenvalue weighted by Gasteiger charge is -2.58. The van der Waals surface area contributed by atoms with Crippen LogP contribution in [0.5, 0.6) is 11.5 Å². The number of para-hydroxylation sites is 1. The summed E-state index contributed by atoms with van der Waals surface area (Å²) in [5.74, 6) is 1.74. The molecular formula is C27H29N7O3. The van der Waals surface area contributed by atoms with Gasteiger partial charge in [0.2, 0.25) is 0 Å². The van der Waals surface area contributed by atoms with Crippen molar-refractivity contribution >= 4 is 22.9 Å². The number of ether oxygens (including phenoxy) is 2. The molecule has 2 fully saturated rings. The Morgan fingerprint density at radius 3 is 2.46 bits per heavy atom. The lowest BCUT2D eigenvalue weighted by Crippen LogP contribution is -2.64. The maximum atomic E-state index is 12.4. The molecule has 0 bridgehead atoms. The molecule has 0 atom stereocenters. The Morgan fingerprint density at radius 1 is 1.03 bits per heavy atom. The van der Waals surface area contributed by atoms with Gasteiger partial charge in [-0.1, -0.05) is 18.2 Å². The van der Waals surface area contributed by atoms with Crippen molar-refractivity contribution in [3.05, 3.63) is 55.0 Å². The van der Waals surface area contributed by atoms with Gasteiger partial charge >= 0.3 is 6.09 Å². The average molecular weight is 500 g/mol.